The van der Waals surface area contributed by atoms with Gasteiger partial charge >= 0.3 is 0 Å². The van der Waals surface area contributed by atoms with Gasteiger partial charge in [0.2, 0.25) is 5.91 Å². The van der Waals surface area contributed by atoms with E-state index in [0.717, 1.165) is 11.1 Å². The summed E-state index contributed by atoms with van der Waals surface area (Å²) >= 11 is 4.95. The molecule has 5 nitrogen and oxygen atoms in total. The first-order chi connectivity index (χ1) is 8.97. The standard InChI is InChI=1S/C13H19N3O2S/c1-15-12(17)8-16(2)7-9-4-5-10(13(14)19)11(6-9)18-3/h4-6H,7-8H2,1-3H3,(H2,14,19)(H,15,17). The molecule has 6 heteroatoms. The van der Waals surface area contributed by atoms with Crippen LogP contribution in [-0.4, -0.2) is 43.5 Å². The second kappa shape index (κ2) is 7.06. The summed E-state index contributed by atoms with van der Waals surface area (Å²) in [6.07, 6.45) is 0. The normalized spacial score (nSPS) is 10.3. The molecule has 0 atom stereocenters. The van der Waals surface area contributed by atoms with Gasteiger partial charge in [0, 0.05) is 13.6 Å². The summed E-state index contributed by atoms with van der Waals surface area (Å²) in [6, 6.07) is 5.65. The third-order valence-corrected chi connectivity index (χ3v) is 2.90. The third-order valence-electron chi connectivity index (χ3n) is 2.68. The highest BCUT2D eigenvalue weighted by molar-refractivity contribution is 7.80. The third kappa shape index (κ3) is 4.50. The topological polar surface area (TPSA) is 67.6 Å². The molecule has 0 aliphatic rings. The van der Waals surface area contributed by atoms with E-state index in [1.54, 1.807) is 14.2 Å². The van der Waals surface area contributed by atoms with Crippen LogP contribution in [0.1, 0.15) is 11.1 Å². The van der Waals surface area contributed by atoms with Gasteiger partial charge in [-0.1, -0.05) is 18.3 Å². The van der Waals surface area contributed by atoms with E-state index in [1.807, 2.05) is 30.1 Å². The highest BCUT2D eigenvalue weighted by Gasteiger charge is 2.09. The Hall–Kier alpha value is -1.66. The predicted octanol–water partition coefficient (Wildman–Crippen LogP) is 0.507. The molecule has 0 radical (unpaired) electrons. The van der Waals surface area contributed by atoms with Crippen LogP contribution in [0.25, 0.3) is 0 Å². The van der Waals surface area contributed by atoms with E-state index in [1.165, 1.54) is 0 Å². The van der Waals surface area contributed by atoms with Gasteiger partial charge in [0.1, 0.15) is 10.7 Å². The lowest BCUT2D eigenvalue weighted by molar-refractivity contribution is -0.121. The number of carbonyl (C=O) groups excluding carboxylic acids is 1. The Labute approximate surface area is 118 Å². The number of benzene rings is 1. The van der Waals surface area contributed by atoms with Crippen molar-refractivity contribution >= 4 is 23.1 Å². The Balaban J connectivity index is 2.80. The molecule has 0 fully saturated rings. The summed E-state index contributed by atoms with van der Waals surface area (Å²) in [5.74, 6) is 0.632. The molecule has 1 amide bonds. The molecule has 0 aromatic heterocycles. The molecule has 0 aliphatic heterocycles. The number of rotatable bonds is 6. The molecule has 1 aromatic rings. The number of nitrogens with two attached hydrogens (primary N) is 1. The first-order valence-corrected chi connectivity index (χ1v) is 6.24. The number of nitrogens with zero attached hydrogens (tertiary/aromatic N) is 1. The Bertz CT molecular complexity index is 477. The first-order valence-electron chi connectivity index (χ1n) is 5.83. The number of nitrogens with one attached hydrogen (secondary N) is 1. The van der Waals surface area contributed by atoms with Gasteiger partial charge in [-0.2, -0.15) is 0 Å². The quantitative estimate of drug-likeness (QED) is 0.744. The monoisotopic (exact) mass is 281 g/mol. The van der Waals surface area contributed by atoms with Gasteiger partial charge in [-0.3, -0.25) is 9.69 Å². The van der Waals surface area contributed by atoms with Crippen LogP contribution in [0.3, 0.4) is 0 Å². The number of carbonyl (C=O) groups is 1. The molecule has 1 aromatic carbocycles. The van der Waals surface area contributed by atoms with Gasteiger partial charge in [-0.15, -0.1) is 0 Å². The lowest BCUT2D eigenvalue weighted by atomic mass is 10.1. The van der Waals surface area contributed by atoms with Crippen molar-refractivity contribution in [2.24, 2.45) is 5.73 Å². The predicted molar refractivity (Wildman–Crippen MR) is 79.3 cm³/mol. The number of thiocarbonyl (C=S) groups is 1. The first kappa shape index (κ1) is 15.4. The molecule has 0 saturated heterocycles. The summed E-state index contributed by atoms with van der Waals surface area (Å²) in [5, 5.41) is 2.59. The minimum atomic E-state index is -0.0192. The zero-order chi connectivity index (χ0) is 14.4. The summed E-state index contributed by atoms with van der Waals surface area (Å²) in [6.45, 7) is 0.983. The number of ether oxygens (including phenoxy) is 1. The SMILES string of the molecule is CNC(=O)CN(C)Cc1ccc(C(N)=S)c(OC)c1. The van der Waals surface area contributed by atoms with E-state index in [2.05, 4.69) is 5.32 Å². The Morgan fingerprint density at radius 3 is 2.74 bits per heavy atom. The van der Waals surface area contributed by atoms with Crippen molar-refractivity contribution in [2.45, 2.75) is 6.54 Å². The molecule has 3 N–H and O–H groups in total. The summed E-state index contributed by atoms with van der Waals surface area (Å²) < 4.78 is 5.27. The van der Waals surface area contributed by atoms with Gasteiger partial charge in [-0.25, -0.2) is 0 Å². The van der Waals surface area contributed by atoms with Gasteiger partial charge in [0.15, 0.2) is 0 Å². The summed E-state index contributed by atoms with van der Waals surface area (Å²) in [7, 11) is 5.08. The average Bonchev–Trinajstić information content (AvgIpc) is 2.37. The van der Waals surface area contributed by atoms with Gasteiger partial charge in [0.05, 0.1) is 19.2 Å². The lowest BCUT2D eigenvalue weighted by Crippen LogP contribution is -2.32. The zero-order valence-corrected chi connectivity index (χ0v) is 12.2. The van der Waals surface area contributed by atoms with E-state index in [4.69, 9.17) is 22.7 Å². The van der Waals surface area contributed by atoms with Crippen molar-refractivity contribution in [1.29, 1.82) is 0 Å². The van der Waals surface area contributed by atoms with Crippen molar-refractivity contribution in [2.75, 3.05) is 27.7 Å². The molecular formula is C13H19N3O2S. The molecule has 104 valence electrons. The van der Waals surface area contributed by atoms with Crippen LogP contribution in [0, 0.1) is 0 Å². The van der Waals surface area contributed by atoms with E-state index in [9.17, 15) is 4.79 Å². The molecule has 0 unspecified atom stereocenters. The van der Waals surface area contributed by atoms with E-state index < -0.39 is 0 Å². The van der Waals surface area contributed by atoms with Crippen LogP contribution in [0.15, 0.2) is 18.2 Å². The van der Waals surface area contributed by atoms with E-state index >= 15 is 0 Å². The smallest absolute Gasteiger partial charge is 0.233 e. The highest BCUT2D eigenvalue weighted by atomic mass is 32.1. The van der Waals surface area contributed by atoms with Crippen molar-refractivity contribution < 1.29 is 9.53 Å². The van der Waals surface area contributed by atoms with Crippen molar-refractivity contribution in [3.05, 3.63) is 29.3 Å². The van der Waals surface area contributed by atoms with Crippen LogP contribution in [0.2, 0.25) is 0 Å². The van der Waals surface area contributed by atoms with E-state index in [0.29, 0.717) is 23.8 Å². The van der Waals surface area contributed by atoms with Crippen LogP contribution >= 0.6 is 12.2 Å². The fourth-order valence-corrected chi connectivity index (χ4v) is 1.90. The molecule has 1 rings (SSSR count). The number of amides is 1. The largest absolute Gasteiger partial charge is 0.496 e. The van der Waals surface area contributed by atoms with Crippen molar-refractivity contribution in [1.82, 2.24) is 10.2 Å². The van der Waals surface area contributed by atoms with Crippen LogP contribution in [0.4, 0.5) is 0 Å². The van der Waals surface area contributed by atoms with Gasteiger partial charge < -0.3 is 15.8 Å². The van der Waals surface area contributed by atoms with Gasteiger partial charge in [0.25, 0.3) is 0 Å². The fourth-order valence-electron chi connectivity index (χ4n) is 1.73. The Morgan fingerprint density at radius 2 is 2.21 bits per heavy atom. The molecular weight excluding hydrogens is 262 g/mol. The number of likely N-dealkylation sites (N-methyl/N-ethyl adjacent to an activating group) is 2. The van der Waals surface area contributed by atoms with E-state index in [-0.39, 0.29) is 5.91 Å². The van der Waals surface area contributed by atoms with Gasteiger partial charge in [-0.05, 0) is 24.7 Å². The number of methoxy groups -OCH3 is 1. The number of hydrogen-bond donors (Lipinski definition) is 2. The maximum absolute atomic E-state index is 11.3. The second-order valence-electron chi connectivity index (χ2n) is 4.24. The molecule has 19 heavy (non-hydrogen) atoms. The highest BCUT2D eigenvalue weighted by Crippen LogP contribution is 2.20. The second-order valence-corrected chi connectivity index (χ2v) is 4.68. The minimum absolute atomic E-state index is 0.0192. The average molecular weight is 281 g/mol. The van der Waals surface area contributed by atoms with Crippen LogP contribution in [-0.2, 0) is 11.3 Å². The maximum Gasteiger partial charge on any atom is 0.233 e. The summed E-state index contributed by atoms with van der Waals surface area (Å²) in [4.78, 5) is 13.5. The van der Waals surface area contributed by atoms with Crippen LogP contribution in [0.5, 0.6) is 5.75 Å². The molecule has 0 bridgehead atoms. The van der Waals surface area contributed by atoms with Crippen molar-refractivity contribution in [3.8, 4) is 5.75 Å². The summed E-state index contributed by atoms with van der Waals surface area (Å²) in [5.41, 5.74) is 7.36. The maximum atomic E-state index is 11.3. The molecule has 0 spiro atoms. The fraction of sp³-hybridized carbons (Fsp3) is 0.385. The number of hydrogen-bond acceptors (Lipinski definition) is 4. The minimum Gasteiger partial charge on any atom is -0.496 e. The Kier molecular flexibility index (Phi) is 5.72. The molecule has 0 heterocycles. The zero-order valence-electron chi connectivity index (χ0n) is 11.4. The molecule has 0 aliphatic carbocycles. The van der Waals surface area contributed by atoms with Crippen LogP contribution < -0.4 is 15.8 Å². The van der Waals surface area contributed by atoms with Crippen molar-refractivity contribution in [3.63, 3.8) is 0 Å². The Morgan fingerprint density at radius 1 is 1.53 bits per heavy atom. The lowest BCUT2D eigenvalue weighted by Gasteiger charge is -2.17. The molecule has 0 saturated carbocycles.